The van der Waals surface area contributed by atoms with E-state index in [1.807, 2.05) is 49.4 Å². The normalized spacial score (nSPS) is 11.9. The molecule has 0 radical (unpaired) electrons. The summed E-state index contributed by atoms with van der Waals surface area (Å²) in [6.07, 6.45) is 0. The van der Waals surface area contributed by atoms with Gasteiger partial charge in [-0.3, -0.25) is 4.79 Å². The molecule has 0 bridgehead atoms. The molecule has 2 aromatic carbocycles. The van der Waals surface area contributed by atoms with Crippen molar-refractivity contribution in [3.63, 3.8) is 0 Å². The number of hydrazone groups is 1. The van der Waals surface area contributed by atoms with Crippen LogP contribution in [-0.4, -0.2) is 25.3 Å². The second-order valence-corrected chi connectivity index (χ2v) is 8.00. The second kappa shape index (κ2) is 9.04. The highest BCUT2D eigenvalue weighted by Crippen LogP contribution is 2.31. The topological polar surface area (TPSA) is 59.9 Å². The van der Waals surface area contributed by atoms with E-state index in [4.69, 9.17) is 9.47 Å². The van der Waals surface area contributed by atoms with E-state index in [1.54, 1.807) is 7.11 Å². The van der Waals surface area contributed by atoms with E-state index >= 15 is 0 Å². The molecule has 2 aromatic rings. The van der Waals surface area contributed by atoms with Gasteiger partial charge in [0.05, 0.1) is 17.3 Å². The van der Waals surface area contributed by atoms with Gasteiger partial charge in [0.1, 0.15) is 11.5 Å². The predicted molar refractivity (Wildman–Crippen MR) is 112 cm³/mol. The summed E-state index contributed by atoms with van der Waals surface area (Å²) in [6.45, 7) is 8.14. The molecule has 144 valence electrons. The Morgan fingerprint density at radius 1 is 1.15 bits per heavy atom. The zero-order chi connectivity index (χ0) is 20.0. The molecule has 0 heterocycles. The molecule has 0 fully saturated rings. The Hall–Kier alpha value is -2.34. The highest BCUT2D eigenvalue weighted by Gasteiger charge is 2.15. The molecule has 0 aliphatic rings. The number of amides is 1. The number of hydrogen-bond donors (Lipinski definition) is 1. The van der Waals surface area contributed by atoms with Crippen LogP contribution >= 0.6 is 15.9 Å². The smallest absolute Gasteiger partial charge is 0.277 e. The Labute approximate surface area is 168 Å². The summed E-state index contributed by atoms with van der Waals surface area (Å²) < 4.78 is 11.5. The van der Waals surface area contributed by atoms with Gasteiger partial charge in [0.25, 0.3) is 5.91 Å². The fraction of sp³-hybridized carbons (Fsp3) is 0.333. The molecule has 5 nitrogen and oxygen atoms in total. The van der Waals surface area contributed by atoms with Crippen LogP contribution in [0.5, 0.6) is 11.5 Å². The first-order chi connectivity index (χ1) is 12.7. The average Bonchev–Trinajstić information content (AvgIpc) is 2.64. The van der Waals surface area contributed by atoms with Crippen molar-refractivity contribution in [2.24, 2.45) is 5.10 Å². The van der Waals surface area contributed by atoms with Crippen molar-refractivity contribution in [2.75, 3.05) is 13.7 Å². The molecule has 2 rings (SSSR count). The van der Waals surface area contributed by atoms with Gasteiger partial charge in [-0.15, -0.1) is 0 Å². The third kappa shape index (κ3) is 6.10. The standard InChI is InChI=1S/C21H25BrN2O3/c1-14(15-6-9-17(26-5)10-7-15)23-24-20(25)13-27-19-11-8-16(12-18(19)22)21(2,3)4/h6-12H,13H2,1-5H3,(H,24,25)/b23-14+. The lowest BCUT2D eigenvalue weighted by molar-refractivity contribution is -0.123. The van der Waals surface area contributed by atoms with Crippen molar-refractivity contribution in [1.82, 2.24) is 5.43 Å². The molecule has 6 heteroatoms. The molecule has 0 saturated heterocycles. The fourth-order valence-corrected chi connectivity index (χ4v) is 2.80. The van der Waals surface area contributed by atoms with Crippen LogP contribution in [0.4, 0.5) is 0 Å². The number of ether oxygens (including phenoxy) is 2. The van der Waals surface area contributed by atoms with E-state index in [0.717, 1.165) is 15.8 Å². The molecular formula is C21H25BrN2O3. The van der Waals surface area contributed by atoms with Gasteiger partial charge >= 0.3 is 0 Å². The van der Waals surface area contributed by atoms with Gasteiger partial charge in [-0.05, 0) is 75.8 Å². The number of rotatable bonds is 6. The largest absolute Gasteiger partial charge is 0.497 e. The number of benzene rings is 2. The maximum atomic E-state index is 12.0. The summed E-state index contributed by atoms with van der Waals surface area (Å²) in [6, 6.07) is 13.3. The minimum absolute atomic E-state index is 0.0477. The molecule has 0 aromatic heterocycles. The van der Waals surface area contributed by atoms with Crippen LogP contribution in [0.2, 0.25) is 0 Å². The Balaban J connectivity index is 1.92. The summed E-state index contributed by atoms with van der Waals surface area (Å²) in [5.74, 6) is 1.07. The molecular weight excluding hydrogens is 408 g/mol. The summed E-state index contributed by atoms with van der Waals surface area (Å²) in [5.41, 5.74) is 5.34. The Kier molecular flexibility index (Phi) is 7.02. The minimum atomic E-state index is -0.324. The van der Waals surface area contributed by atoms with E-state index in [2.05, 4.69) is 47.2 Å². The number of hydrogen-bond acceptors (Lipinski definition) is 4. The number of methoxy groups -OCH3 is 1. The third-order valence-corrected chi connectivity index (χ3v) is 4.63. The van der Waals surface area contributed by atoms with Crippen molar-refractivity contribution >= 4 is 27.5 Å². The minimum Gasteiger partial charge on any atom is -0.497 e. The fourth-order valence-electron chi connectivity index (χ4n) is 2.30. The van der Waals surface area contributed by atoms with Crippen molar-refractivity contribution in [3.8, 4) is 11.5 Å². The molecule has 0 unspecified atom stereocenters. The molecule has 0 atom stereocenters. The predicted octanol–water partition coefficient (Wildman–Crippen LogP) is 4.67. The molecule has 0 saturated carbocycles. The van der Waals surface area contributed by atoms with Gasteiger partial charge < -0.3 is 9.47 Å². The Morgan fingerprint density at radius 3 is 2.37 bits per heavy atom. The summed E-state index contributed by atoms with van der Waals surface area (Å²) in [4.78, 5) is 12.0. The lowest BCUT2D eigenvalue weighted by Crippen LogP contribution is -2.25. The molecule has 27 heavy (non-hydrogen) atoms. The first-order valence-electron chi connectivity index (χ1n) is 8.61. The summed E-state index contributed by atoms with van der Waals surface area (Å²) in [5, 5.41) is 4.12. The van der Waals surface area contributed by atoms with Gasteiger partial charge in [-0.25, -0.2) is 5.43 Å². The van der Waals surface area contributed by atoms with Crippen LogP contribution in [0.3, 0.4) is 0 Å². The van der Waals surface area contributed by atoms with Crippen LogP contribution in [0, 0.1) is 0 Å². The van der Waals surface area contributed by atoms with Crippen molar-refractivity contribution in [2.45, 2.75) is 33.1 Å². The second-order valence-electron chi connectivity index (χ2n) is 7.14. The van der Waals surface area contributed by atoms with Gasteiger partial charge in [-0.2, -0.15) is 5.10 Å². The SMILES string of the molecule is COc1ccc(/C(C)=N/NC(=O)COc2ccc(C(C)(C)C)cc2Br)cc1. The molecule has 0 aliphatic heterocycles. The van der Waals surface area contributed by atoms with Crippen LogP contribution in [0.25, 0.3) is 0 Å². The van der Waals surface area contributed by atoms with E-state index in [0.29, 0.717) is 11.5 Å². The van der Waals surface area contributed by atoms with Gasteiger partial charge in [-0.1, -0.05) is 26.8 Å². The first kappa shape index (κ1) is 21.0. The molecule has 1 N–H and O–H groups in total. The third-order valence-electron chi connectivity index (χ3n) is 4.01. The average molecular weight is 433 g/mol. The van der Waals surface area contributed by atoms with Crippen LogP contribution in [0.1, 0.15) is 38.8 Å². The highest BCUT2D eigenvalue weighted by atomic mass is 79.9. The van der Waals surface area contributed by atoms with E-state index < -0.39 is 0 Å². The summed E-state index contributed by atoms with van der Waals surface area (Å²) in [7, 11) is 1.62. The Bertz CT molecular complexity index is 824. The van der Waals surface area contributed by atoms with E-state index in [1.165, 1.54) is 5.56 Å². The number of nitrogens with one attached hydrogen (secondary N) is 1. The molecule has 0 aliphatic carbocycles. The van der Waals surface area contributed by atoms with Gasteiger partial charge in [0.15, 0.2) is 6.61 Å². The molecule has 1 amide bonds. The zero-order valence-electron chi connectivity index (χ0n) is 16.3. The quantitative estimate of drug-likeness (QED) is 0.532. The number of halogens is 1. The molecule has 0 spiro atoms. The van der Waals surface area contributed by atoms with E-state index in [9.17, 15) is 4.79 Å². The van der Waals surface area contributed by atoms with Crippen LogP contribution < -0.4 is 14.9 Å². The highest BCUT2D eigenvalue weighted by molar-refractivity contribution is 9.10. The number of nitrogens with zero attached hydrogens (tertiary/aromatic N) is 1. The number of carbonyl (C=O) groups is 1. The lowest BCUT2D eigenvalue weighted by Gasteiger charge is -2.20. The summed E-state index contributed by atoms with van der Waals surface area (Å²) >= 11 is 3.50. The first-order valence-corrected chi connectivity index (χ1v) is 9.40. The zero-order valence-corrected chi connectivity index (χ0v) is 17.9. The number of carbonyl (C=O) groups excluding carboxylic acids is 1. The van der Waals surface area contributed by atoms with Gasteiger partial charge in [0.2, 0.25) is 0 Å². The lowest BCUT2D eigenvalue weighted by atomic mass is 9.87. The van der Waals surface area contributed by atoms with Gasteiger partial charge in [0, 0.05) is 0 Å². The van der Waals surface area contributed by atoms with Crippen molar-refractivity contribution in [1.29, 1.82) is 0 Å². The maximum absolute atomic E-state index is 12.0. The van der Waals surface area contributed by atoms with Crippen molar-refractivity contribution < 1.29 is 14.3 Å². The Morgan fingerprint density at radius 2 is 1.81 bits per heavy atom. The van der Waals surface area contributed by atoms with Crippen LogP contribution in [0.15, 0.2) is 52.0 Å². The monoisotopic (exact) mass is 432 g/mol. The van der Waals surface area contributed by atoms with E-state index in [-0.39, 0.29) is 17.9 Å². The maximum Gasteiger partial charge on any atom is 0.277 e. The van der Waals surface area contributed by atoms with Crippen LogP contribution in [-0.2, 0) is 10.2 Å². The van der Waals surface area contributed by atoms with Crippen molar-refractivity contribution in [3.05, 3.63) is 58.1 Å².